The summed E-state index contributed by atoms with van der Waals surface area (Å²) in [5, 5.41) is 0. The Morgan fingerprint density at radius 1 is 1.17 bits per heavy atom. The van der Waals surface area contributed by atoms with Crippen LogP contribution in [0.4, 0.5) is 25.8 Å². The predicted molar refractivity (Wildman–Crippen MR) is 33.5 cm³/mol. The van der Waals surface area contributed by atoms with E-state index in [9.17, 15) is 25.8 Å². The van der Waals surface area contributed by atoms with E-state index in [1.165, 1.54) is 0 Å². The van der Waals surface area contributed by atoms with E-state index in [-0.39, 0.29) is 0 Å². The smallest absolute Gasteiger partial charge is 0.184 e. The Balaban J connectivity index is 3.01. The normalized spacial score (nSPS) is 37.8. The van der Waals surface area contributed by atoms with Crippen LogP contribution in [0.15, 0.2) is 4.52 Å². The Bertz CT molecular complexity index is 224. The summed E-state index contributed by atoms with van der Waals surface area (Å²) in [5.74, 6) is 0. The Hall–Kier alpha value is 0.590. The van der Waals surface area contributed by atoms with E-state index in [1.807, 2.05) is 4.52 Å². The molecule has 0 radical (unpaired) electrons. The second kappa shape index (κ2) is 3.39. The first-order valence-electron chi connectivity index (χ1n) is 2.21. The summed E-state index contributed by atoms with van der Waals surface area (Å²) in [6, 6.07) is 0. The first-order chi connectivity index (χ1) is 5.36. The molecule has 0 fully saturated rings. The Labute approximate surface area is 65.5 Å². The standard InChI is InChI=1S/F6N3P3/c1-8-10(3)7-12(5,6)9(2)11(8)4. The average Bonchev–Trinajstić information content (AvgIpc) is 1.97. The molecule has 12 heteroatoms. The third kappa shape index (κ3) is 1.75. The van der Waals surface area contributed by atoms with E-state index in [2.05, 4.69) is 0 Å². The van der Waals surface area contributed by atoms with Crippen molar-refractivity contribution in [3.8, 4) is 0 Å². The van der Waals surface area contributed by atoms with Gasteiger partial charge in [-0.1, -0.05) is 0 Å². The number of nitrogens with zero attached hydrogens (tertiary/aromatic N) is 3. The predicted octanol–water partition coefficient (Wildman–Crippen LogP) is 4.65. The van der Waals surface area contributed by atoms with Gasteiger partial charge in [0.05, 0.1) is 0 Å². The van der Waals surface area contributed by atoms with Gasteiger partial charge in [0.1, 0.15) is 0 Å². The molecule has 2 unspecified atom stereocenters. The maximum atomic E-state index is 12.1. The molecule has 0 spiro atoms. The zero-order valence-electron chi connectivity index (χ0n) is 4.95. The molecular formula is F6N3P3. The topological polar surface area (TPSA) is 18.8 Å². The van der Waals surface area contributed by atoms with Gasteiger partial charge in [-0.15, -0.1) is 8.96 Å². The van der Waals surface area contributed by atoms with Gasteiger partial charge in [0.15, 0.2) is 0 Å². The van der Waals surface area contributed by atoms with Gasteiger partial charge in [-0.2, -0.15) is 21.3 Å². The summed E-state index contributed by atoms with van der Waals surface area (Å²) in [6.07, 6.45) is 0. The maximum Gasteiger partial charge on any atom is 0.408 e. The number of hydrogen-bond donors (Lipinski definition) is 0. The van der Waals surface area contributed by atoms with E-state index >= 15 is 0 Å². The molecule has 72 valence electrons. The Kier molecular flexibility index (Phi) is 3.01. The molecule has 0 aromatic carbocycles. The van der Waals surface area contributed by atoms with Crippen LogP contribution < -0.4 is 0 Å². The molecule has 0 aliphatic carbocycles. The van der Waals surface area contributed by atoms with Crippen molar-refractivity contribution in [2.45, 2.75) is 0 Å². The van der Waals surface area contributed by atoms with Gasteiger partial charge in [0.25, 0.3) is 0 Å². The van der Waals surface area contributed by atoms with Crippen LogP contribution >= 0.6 is 24.9 Å². The molecule has 0 aromatic heterocycles. The van der Waals surface area contributed by atoms with E-state index < -0.39 is 34.2 Å². The molecule has 1 aliphatic rings. The van der Waals surface area contributed by atoms with Gasteiger partial charge in [0, 0.05) is 4.66 Å². The van der Waals surface area contributed by atoms with Crippen molar-refractivity contribution in [3.63, 3.8) is 0 Å². The highest BCUT2D eigenvalue weighted by Crippen LogP contribution is 2.80. The van der Waals surface area contributed by atoms with Gasteiger partial charge in [-0.3, -0.25) is 0 Å². The van der Waals surface area contributed by atoms with Crippen molar-refractivity contribution in [2.75, 3.05) is 0 Å². The molecule has 0 N–H and O–H groups in total. The summed E-state index contributed by atoms with van der Waals surface area (Å²) in [5.41, 5.74) is 0. The van der Waals surface area contributed by atoms with Crippen molar-refractivity contribution in [3.05, 3.63) is 0 Å². The van der Waals surface area contributed by atoms with E-state index in [0.29, 0.717) is 0 Å². The molecule has 3 nitrogen and oxygen atoms in total. The van der Waals surface area contributed by atoms with Crippen LogP contribution in [0.25, 0.3) is 0 Å². The van der Waals surface area contributed by atoms with Crippen molar-refractivity contribution < 1.29 is 25.8 Å². The van der Waals surface area contributed by atoms with E-state index in [0.717, 1.165) is 0 Å². The van der Waals surface area contributed by atoms with Crippen LogP contribution in [0.1, 0.15) is 0 Å². The minimum Gasteiger partial charge on any atom is -0.184 e. The first-order valence-corrected chi connectivity index (χ1v) is 5.97. The van der Waals surface area contributed by atoms with Crippen LogP contribution in [-0.4, -0.2) is 9.33 Å². The van der Waals surface area contributed by atoms with Crippen LogP contribution in [0.2, 0.25) is 0 Å². The molecule has 2 atom stereocenters. The van der Waals surface area contributed by atoms with E-state index in [4.69, 9.17) is 0 Å². The van der Waals surface area contributed by atoms with Crippen molar-refractivity contribution in [2.24, 2.45) is 4.52 Å². The highest BCUT2D eigenvalue weighted by atomic mass is 31.3. The third-order valence-electron chi connectivity index (χ3n) is 0.789. The lowest BCUT2D eigenvalue weighted by Crippen LogP contribution is -2.09. The molecule has 1 heterocycles. The van der Waals surface area contributed by atoms with Gasteiger partial charge >= 0.3 is 24.9 Å². The molecule has 0 saturated heterocycles. The zero-order valence-corrected chi connectivity index (χ0v) is 7.63. The molecule has 12 heavy (non-hydrogen) atoms. The summed E-state index contributed by atoms with van der Waals surface area (Å²) in [6.45, 7) is 0. The number of halogens is 6. The van der Waals surface area contributed by atoms with Gasteiger partial charge in [0.2, 0.25) is 0 Å². The Morgan fingerprint density at radius 2 is 1.67 bits per heavy atom. The average molecular weight is 249 g/mol. The largest absolute Gasteiger partial charge is 0.408 e. The highest BCUT2D eigenvalue weighted by molar-refractivity contribution is 7.77. The van der Waals surface area contributed by atoms with E-state index in [1.54, 1.807) is 0 Å². The molecule has 1 aliphatic heterocycles. The molecule has 1 rings (SSSR count). The second-order valence-electron chi connectivity index (χ2n) is 1.51. The molecule has 0 bridgehead atoms. The molecule has 0 aromatic rings. The second-order valence-corrected chi connectivity index (χ2v) is 6.13. The van der Waals surface area contributed by atoms with Gasteiger partial charge in [-0.25, -0.2) is 0 Å². The number of rotatable bonds is 0. The molecule has 0 saturated carbocycles. The maximum absolute atomic E-state index is 12.1. The molecule has 0 amide bonds. The highest BCUT2D eigenvalue weighted by Gasteiger charge is 2.50. The SMILES string of the molecule is FN1P(F)N=P(F)(F)N(F)P1F. The fourth-order valence-corrected chi connectivity index (χ4v) is 4.18. The monoisotopic (exact) mass is 249 g/mol. The van der Waals surface area contributed by atoms with Gasteiger partial charge < -0.3 is 0 Å². The minimum absolute atomic E-state index is 1.26. The van der Waals surface area contributed by atoms with Crippen molar-refractivity contribution in [1.29, 1.82) is 0 Å². The quantitative estimate of drug-likeness (QED) is 0.353. The van der Waals surface area contributed by atoms with Crippen LogP contribution in [0.3, 0.4) is 0 Å². The van der Waals surface area contributed by atoms with Crippen molar-refractivity contribution >= 4 is 24.9 Å². The zero-order chi connectivity index (χ0) is 9.52. The number of hydrogen-bond acceptors (Lipinski definition) is 3. The lowest BCUT2D eigenvalue weighted by molar-refractivity contribution is 0.181. The van der Waals surface area contributed by atoms with Crippen LogP contribution in [-0.2, 0) is 0 Å². The molecular weight excluding hydrogens is 249 g/mol. The minimum atomic E-state index is -5.76. The fourth-order valence-electron chi connectivity index (χ4n) is 0.365. The van der Waals surface area contributed by atoms with Crippen LogP contribution in [0.5, 0.6) is 0 Å². The van der Waals surface area contributed by atoms with Gasteiger partial charge in [-0.05, 0) is 4.66 Å². The summed E-state index contributed by atoms with van der Waals surface area (Å²) >= 11 is 0. The third-order valence-corrected chi connectivity index (χ3v) is 5.43. The fraction of sp³-hybridized carbons (Fsp3) is 0. The lowest BCUT2D eigenvalue weighted by atomic mass is 13.6. The Morgan fingerprint density at radius 3 is 2.17 bits per heavy atom. The summed E-state index contributed by atoms with van der Waals surface area (Å²) in [4.78, 5) is 0. The lowest BCUT2D eigenvalue weighted by Gasteiger charge is -2.25. The van der Waals surface area contributed by atoms with Crippen LogP contribution in [0, 0.1) is 0 Å². The van der Waals surface area contributed by atoms with Crippen molar-refractivity contribution in [1.82, 2.24) is 9.33 Å². The summed E-state index contributed by atoms with van der Waals surface area (Å²) < 4.78 is 71.5. The summed E-state index contributed by atoms with van der Waals surface area (Å²) in [7, 11) is -13.6. The first kappa shape index (κ1) is 10.7.